The molecule has 1 heterocycles. The third-order valence-corrected chi connectivity index (χ3v) is 3.22. The minimum atomic E-state index is 0.0384. The van der Waals surface area contributed by atoms with E-state index in [-0.39, 0.29) is 11.3 Å². The summed E-state index contributed by atoms with van der Waals surface area (Å²) in [6, 6.07) is 16.7. The lowest BCUT2D eigenvalue weighted by atomic mass is 10.3. The Morgan fingerprint density at radius 2 is 1.78 bits per heavy atom. The van der Waals surface area contributed by atoms with Crippen LogP contribution in [0.15, 0.2) is 54.6 Å². The molecule has 0 amide bonds. The molecule has 0 atom stereocenters. The van der Waals surface area contributed by atoms with Crippen LogP contribution in [0.2, 0.25) is 0 Å². The highest BCUT2D eigenvalue weighted by molar-refractivity contribution is 5.55. The van der Waals surface area contributed by atoms with E-state index < -0.39 is 0 Å². The molecule has 116 valence electrons. The maximum Gasteiger partial charge on any atom is 0.247 e. The van der Waals surface area contributed by atoms with E-state index in [1.807, 2.05) is 54.6 Å². The molecule has 7 heteroatoms. The van der Waals surface area contributed by atoms with Crippen LogP contribution in [-0.2, 0) is 0 Å². The van der Waals surface area contributed by atoms with Gasteiger partial charge in [0.05, 0.1) is 12.8 Å². The molecular weight excluding hydrogens is 292 g/mol. The van der Waals surface area contributed by atoms with Gasteiger partial charge in [0.25, 0.3) is 0 Å². The van der Waals surface area contributed by atoms with Gasteiger partial charge in [-0.3, -0.25) is 5.41 Å². The summed E-state index contributed by atoms with van der Waals surface area (Å²) in [5, 5.41) is 15.4. The van der Waals surface area contributed by atoms with Crippen LogP contribution in [0.3, 0.4) is 0 Å². The van der Waals surface area contributed by atoms with Crippen LogP contribution < -0.4 is 21.3 Å². The van der Waals surface area contributed by atoms with Gasteiger partial charge in [0.2, 0.25) is 5.95 Å². The molecule has 0 spiro atoms. The van der Waals surface area contributed by atoms with Crippen molar-refractivity contribution in [2.75, 3.05) is 18.2 Å². The summed E-state index contributed by atoms with van der Waals surface area (Å²) in [7, 11) is 1.61. The van der Waals surface area contributed by atoms with Crippen LogP contribution in [0.5, 0.6) is 5.75 Å². The Bertz CT molecular complexity index is 858. The van der Waals surface area contributed by atoms with E-state index in [1.54, 1.807) is 7.11 Å². The number of hydrogen-bond donors (Lipinski definition) is 3. The zero-order chi connectivity index (χ0) is 16.2. The standard InChI is InChI=1S/C16H16N6O/c1-23-13-9-7-11(8-10-13)19-16-20-14(17)15(18)22(21-16)12-5-3-2-4-6-12/h2-10,18H,1H3,(H3,17,19,20,21). The van der Waals surface area contributed by atoms with Crippen LogP contribution in [0, 0.1) is 5.41 Å². The van der Waals surface area contributed by atoms with Gasteiger partial charge < -0.3 is 15.8 Å². The zero-order valence-corrected chi connectivity index (χ0v) is 12.5. The highest BCUT2D eigenvalue weighted by Gasteiger charge is 2.07. The number of benzene rings is 2. The molecule has 3 rings (SSSR count). The van der Waals surface area contributed by atoms with Crippen LogP contribution in [0.4, 0.5) is 17.5 Å². The molecular formula is C16H16N6O. The molecule has 0 aliphatic carbocycles. The average Bonchev–Trinajstić information content (AvgIpc) is 2.59. The molecule has 3 aromatic rings. The number of methoxy groups -OCH3 is 1. The normalized spacial score (nSPS) is 10.3. The van der Waals surface area contributed by atoms with Crippen molar-refractivity contribution in [1.82, 2.24) is 14.8 Å². The fourth-order valence-electron chi connectivity index (χ4n) is 2.06. The van der Waals surface area contributed by atoms with E-state index in [4.69, 9.17) is 15.9 Å². The SMILES string of the molecule is COc1ccc(Nc2nc(N)c(=N)n(-c3ccccc3)n2)cc1. The van der Waals surface area contributed by atoms with E-state index in [1.165, 1.54) is 4.68 Å². The summed E-state index contributed by atoms with van der Waals surface area (Å²) in [4.78, 5) is 4.11. The number of para-hydroxylation sites is 1. The van der Waals surface area contributed by atoms with Crippen molar-refractivity contribution in [3.8, 4) is 11.4 Å². The Morgan fingerprint density at radius 1 is 1.09 bits per heavy atom. The smallest absolute Gasteiger partial charge is 0.247 e. The van der Waals surface area contributed by atoms with E-state index in [9.17, 15) is 0 Å². The van der Waals surface area contributed by atoms with Gasteiger partial charge in [-0.2, -0.15) is 4.98 Å². The van der Waals surface area contributed by atoms with E-state index in [2.05, 4.69) is 15.4 Å². The zero-order valence-electron chi connectivity index (χ0n) is 12.5. The first-order chi connectivity index (χ1) is 11.2. The second-order valence-corrected chi connectivity index (χ2v) is 4.77. The summed E-state index contributed by atoms with van der Waals surface area (Å²) in [5.41, 5.74) is 7.41. The molecule has 0 saturated heterocycles. The minimum Gasteiger partial charge on any atom is -0.497 e. The predicted octanol–water partition coefficient (Wildman–Crippen LogP) is 2.08. The summed E-state index contributed by atoms with van der Waals surface area (Å²) in [6.45, 7) is 0. The second-order valence-electron chi connectivity index (χ2n) is 4.77. The molecule has 23 heavy (non-hydrogen) atoms. The first kappa shape index (κ1) is 14.6. The number of aromatic nitrogens is 3. The molecule has 0 unspecified atom stereocenters. The second kappa shape index (κ2) is 6.18. The van der Waals surface area contributed by atoms with Gasteiger partial charge in [-0.1, -0.05) is 18.2 Å². The lowest BCUT2D eigenvalue weighted by Gasteiger charge is -2.11. The molecule has 0 saturated carbocycles. The van der Waals surface area contributed by atoms with Gasteiger partial charge in [-0.05, 0) is 36.4 Å². The van der Waals surface area contributed by atoms with Gasteiger partial charge >= 0.3 is 0 Å². The Balaban J connectivity index is 1.97. The Labute approximate surface area is 132 Å². The van der Waals surface area contributed by atoms with Gasteiger partial charge in [0, 0.05) is 5.69 Å². The third kappa shape index (κ3) is 3.13. The number of nitrogens with one attached hydrogen (secondary N) is 2. The van der Waals surface area contributed by atoms with Gasteiger partial charge in [0.15, 0.2) is 11.3 Å². The summed E-state index contributed by atoms with van der Waals surface area (Å²) in [6.07, 6.45) is 0. The Kier molecular flexibility index (Phi) is 3.92. The lowest BCUT2D eigenvalue weighted by Crippen LogP contribution is -2.26. The number of rotatable bonds is 4. The molecule has 0 fully saturated rings. The maximum atomic E-state index is 8.03. The fraction of sp³-hybridized carbons (Fsp3) is 0.0625. The summed E-state index contributed by atoms with van der Waals surface area (Å²) < 4.78 is 6.56. The number of anilines is 3. The minimum absolute atomic E-state index is 0.0384. The molecule has 0 aliphatic heterocycles. The predicted molar refractivity (Wildman–Crippen MR) is 87.9 cm³/mol. The van der Waals surface area contributed by atoms with E-state index >= 15 is 0 Å². The number of ether oxygens (including phenoxy) is 1. The van der Waals surface area contributed by atoms with Crippen LogP contribution >= 0.6 is 0 Å². The maximum absolute atomic E-state index is 8.03. The van der Waals surface area contributed by atoms with Crippen molar-refractivity contribution in [2.24, 2.45) is 0 Å². The van der Waals surface area contributed by atoms with Crippen molar-refractivity contribution in [3.05, 3.63) is 60.1 Å². The van der Waals surface area contributed by atoms with Crippen molar-refractivity contribution < 1.29 is 4.74 Å². The van der Waals surface area contributed by atoms with Crippen molar-refractivity contribution in [3.63, 3.8) is 0 Å². The molecule has 0 aliphatic rings. The Morgan fingerprint density at radius 3 is 2.43 bits per heavy atom. The van der Waals surface area contributed by atoms with E-state index in [0.29, 0.717) is 5.95 Å². The van der Waals surface area contributed by atoms with Crippen molar-refractivity contribution >= 4 is 17.5 Å². The first-order valence-electron chi connectivity index (χ1n) is 6.95. The molecule has 0 radical (unpaired) electrons. The van der Waals surface area contributed by atoms with Crippen LogP contribution in [0.1, 0.15) is 0 Å². The summed E-state index contributed by atoms with van der Waals surface area (Å²) in [5.74, 6) is 1.17. The molecule has 1 aromatic heterocycles. The van der Waals surface area contributed by atoms with Gasteiger partial charge in [-0.15, -0.1) is 5.10 Å². The van der Waals surface area contributed by atoms with Crippen LogP contribution in [-0.4, -0.2) is 21.9 Å². The largest absolute Gasteiger partial charge is 0.497 e. The molecule has 4 N–H and O–H groups in total. The summed E-state index contributed by atoms with van der Waals surface area (Å²) >= 11 is 0. The molecule has 2 aromatic carbocycles. The lowest BCUT2D eigenvalue weighted by molar-refractivity contribution is 0.415. The molecule has 0 bridgehead atoms. The van der Waals surface area contributed by atoms with Crippen molar-refractivity contribution in [2.45, 2.75) is 0 Å². The molecule has 7 nitrogen and oxygen atoms in total. The van der Waals surface area contributed by atoms with E-state index in [0.717, 1.165) is 17.1 Å². The third-order valence-electron chi connectivity index (χ3n) is 3.22. The topological polar surface area (TPSA) is 102 Å². The van der Waals surface area contributed by atoms with Gasteiger partial charge in [-0.25, -0.2) is 4.68 Å². The number of nitrogen functional groups attached to an aromatic ring is 1. The highest BCUT2D eigenvalue weighted by atomic mass is 16.5. The van der Waals surface area contributed by atoms with Gasteiger partial charge in [0.1, 0.15) is 5.75 Å². The monoisotopic (exact) mass is 308 g/mol. The number of nitrogens with two attached hydrogens (primary N) is 1. The fourth-order valence-corrected chi connectivity index (χ4v) is 2.06. The quantitative estimate of drug-likeness (QED) is 0.685. The number of hydrogen-bond acceptors (Lipinski definition) is 6. The Hall–Kier alpha value is -3.35. The number of nitrogens with zero attached hydrogens (tertiary/aromatic N) is 3. The van der Waals surface area contributed by atoms with Crippen molar-refractivity contribution in [1.29, 1.82) is 5.41 Å². The highest BCUT2D eigenvalue weighted by Crippen LogP contribution is 2.17. The van der Waals surface area contributed by atoms with Crippen LogP contribution in [0.25, 0.3) is 5.69 Å². The first-order valence-corrected chi connectivity index (χ1v) is 6.95. The average molecular weight is 308 g/mol.